The molecular formula is C4H6O9S. The highest BCUT2D eigenvalue weighted by Crippen LogP contribution is 1.97. The highest BCUT2D eigenvalue weighted by Gasteiger charge is 2.13. The van der Waals surface area contributed by atoms with Gasteiger partial charge in [0, 0.05) is 0 Å². The lowest BCUT2D eigenvalue weighted by atomic mass is 10.3. The quantitative estimate of drug-likeness (QED) is 0.348. The summed E-state index contributed by atoms with van der Waals surface area (Å²) in [5.74, 6) is -2.33. The minimum atomic E-state index is -4.87. The number of hydrogen-bond acceptors (Lipinski definition) is 8. The summed E-state index contributed by atoms with van der Waals surface area (Å²) >= 11 is 0. The van der Waals surface area contributed by atoms with E-state index in [4.69, 9.17) is 9.81 Å². The van der Waals surface area contributed by atoms with Gasteiger partial charge in [0.1, 0.15) is 0 Å². The molecular weight excluding hydrogens is 224 g/mol. The first-order valence-electron chi connectivity index (χ1n) is 3.06. The molecule has 0 amide bonds. The molecule has 0 aliphatic rings. The van der Waals surface area contributed by atoms with E-state index < -0.39 is 35.2 Å². The van der Waals surface area contributed by atoms with E-state index >= 15 is 0 Å². The van der Waals surface area contributed by atoms with Crippen LogP contribution in [-0.2, 0) is 34.1 Å². The van der Waals surface area contributed by atoms with Crippen molar-refractivity contribution in [3.05, 3.63) is 0 Å². The third-order valence-electron chi connectivity index (χ3n) is 0.848. The van der Waals surface area contributed by atoms with Gasteiger partial charge in [-0.2, -0.15) is 13.7 Å². The minimum absolute atomic E-state index is 0.524. The molecule has 9 nitrogen and oxygen atoms in total. The Morgan fingerprint density at radius 1 is 1.14 bits per heavy atom. The third-order valence-corrected chi connectivity index (χ3v) is 1.09. The lowest BCUT2D eigenvalue weighted by Crippen LogP contribution is -2.12. The van der Waals surface area contributed by atoms with Gasteiger partial charge in [0.05, 0.1) is 12.8 Å². The zero-order valence-electron chi connectivity index (χ0n) is 6.57. The second-order valence-corrected chi connectivity index (χ2v) is 2.91. The average molecular weight is 230 g/mol. The molecule has 82 valence electrons. The molecule has 0 atom stereocenters. The maximum atomic E-state index is 10.5. The molecule has 0 bridgehead atoms. The van der Waals surface area contributed by atoms with Crippen LogP contribution >= 0.6 is 0 Å². The van der Waals surface area contributed by atoms with Crippen molar-refractivity contribution in [2.75, 3.05) is 0 Å². The predicted octanol–water partition coefficient (Wildman–Crippen LogP) is -0.940. The minimum Gasteiger partial charge on any atom is -0.301 e. The monoisotopic (exact) mass is 230 g/mol. The Bertz CT molecular complexity index is 303. The Labute approximate surface area is 78.0 Å². The van der Waals surface area contributed by atoms with E-state index in [-0.39, 0.29) is 0 Å². The van der Waals surface area contributed by atoms with E-state index in [2.05, 4.69) is 14.1 Å². The van der Waals surface area contributed by atoms with Crippen LogP contribution < -0.4 is 0 Å². The molecule has 0 aromatic carbocycles. The van der Waals surface area contributed by atoms with Gasteiger partial charge in [-0.05, 0) is 4.33 Å². The maximum Gasteiger partial charge on any atom is 0.432 e. The molecule has 0 saturated carbocycles. The van der Waals surface area contributed by atoms with Crippen molar-refractivity contribution in [1.29, 1.82) is 0 Å². The van der Waals surface area contributed by atoms with Crippen molar-refractivity contribution in [3.63, 3.8) is 0 Å². The Morgan fingerprint density at radius 2 is 1.64 bits per heavy atom. The highest BCUT2D eigenvalue weighted by atomic mass is 32.3. The standard InChI is InChI=1S/C4H6O9S/c5-3(11-7)1-2-4(6)12-13-14(8,9)10/h7H,1-2H2,(H,8,9,10). The van der Waals surface area contributed by atoms with Crippen LogP contribution in [0.5, 0.6) is 0 Å². The van der Waals surface area contributed by atoms with E-state index in [1.165, 1.54) is 0 Å². The molecule has 0 rings (SSSR count). The summed E-state index contributed by atoms with van der Waals surface area (Å²) in [5, 5.41) is 7.74. The number of carbonyl (C=O) groups is 2. The molecule has 0 saturated heterocycles. The summed E-state index contributed by atoms with van der Waals surface area (Å²) in [6.45, 7) is 0. The summed E-state index contributed by atoms with van der Waals surface area (Å²) in [7, 11) is -4.87. The number of rotatable bonds is 5. The predicted molar refractivity (Wildman–Crippen MR) is 36.7 cm³/mol. The Kier molecular flexibility index (Phi) is 5.01. The van der Waals surface area contributed by atoms with Gasteiger partial charge < -0.3 is 4.89 Å². The molecule has 0 spiro atoms. The summed E-state index contributed by atoms with van der Waals surface area (Å²) in [6.07, 6.45) is -1.10. The normalized spacial score (nSPS) is 10.7. The van der Waals surface area contributed by atoms with Gasteiger partial charge in [0.15, 0.2) is 0 Å². The molecule has 0 unspecified atom stereocenters. The van der Waals surface area contributed by atoms with Gasteiger partial charge in [-0.3, -0.25) is 9.44 Å². The smallest absolute Gasteiger partial charge is 0.301 e. The molecule has 2 N–H and O–H groups in total. The van der Waals surface area contributed by atoms with Crippen molar-refractivity contribution < 1.29 is 41.9 Å². The van der Waals surface area contributed by atoms with Gasteiger partial charge >= 0.3 is 22.3 Å². The zero-order chi connectivity index (χ0) is 11.2. The first-order chi connectivity index (χ1) is 6.35. The fourth-order valence-electron chi connectivity index (χ4n) is 0.372. The van der Waals surface area contributed by atoms with E-state index in [0.29, 0.717) is 0 Å². The Hall–Kier alpha value is -1.23. The summed E-state index contributed by atoms with van der Waals surface area (Å²) in [5.41, 5.74) is 0. The zero-order valence-corrected chi connectivity index (χ0v) is 7.39. The molecule has 14 heavy (non-hydrogen) atoms. The summed E-state index contributed by atoms with van der Waals surface area (Å²) < 4.78 is 30.9. The largest absolute Gasteiger partial charge is 0.432 e. The Balaban J connectivity index is 3.73. The van der Waals surface area contributed by atoms with Crippen molar-refractivity contribution in [1.82, 2.24) is 0 Å². The molecule has 0 aromatic heterocycles. The van der Waals surface area contributed by atoms with Crippen LogP contribution in [0.2, 0.25) is 0 Å². The van der Waals surface area contributed by atoms with Gasteiger partial charge in [0.25, 0.3) is 0 Å². The third kappa shape index (κ3) is 7.42. The molecule has 0 radical (unpaired) electrons. The van der Waals surface area contributed by atoms with E-state index in [1.807, 2.05) is 0 Å². The highest BCUT2D eigenvalue weighted by molar-refractivity contribution is 7.80. The molecule has 10 heteroatoms. The van der Waals surface area contributed by atoms with Crippen LogP contribution in [-0.4, -0.2) is 30.2 Å². The fourth-order valence-corrected chi connectivity index (χ4v) is 0.534. The van der Waals surface area contributed by atoms with Gasteiger partial charge in [-0.25, -0.2) is 9.59 Å². The first-order valence-corrected chi connectivity index (χ1v) is 4.42. The number of carbonyl (C=O) groups excluding carboxylic acids is 2. The average Bonchev–Trinajstić information content (AvgIpc) is 2.09. The molecule has 0 aliphatic carbocycles. The molecule has 0 fully saturated rings. The first kappa shape index (κ1) is 12.8. The second-order valence-electron chi connectivity index (χ2n) is 1.91. The van der Waals surface area contributed by atoms with E-state index in [1.54, 1.807) is 0 Å². The van der Waals surface area contributed by atoms with Crippen LogP contribution in [0.1, 0.15) is 12.8 Å². The van der Waals surface area contributed by atoms with Crippen molar-refractivity contribution in [2.24, 2.45) is 0 Å². The van der Waals surface area contributed by atoms with Crippen LogP contribution in [0, 0.1) is 0 Å². The Morgan fingerprint density at radius 3 is 2.07 bits per heavy atom. The number of hydrogen-bond donors (Lipinski definition) is 2. The van der Waals surface area contributed by atoms with Gasteiger partial charge in [0.2, 0.25) is 0 Å². The fraction of sp³-hybridized carbons (Fsp3) is 0.500. The van der Waals surface area contributed by atoms with Gasteiger partial charge in [-0.1, -0.05) is 0 Å². The lowest BCUT2D eigenvalue weighted by Gasteiger charge is -1.98. The second kappa shape index (κ2) is 5.49. The van der Waals surface area contributed by atoms with E-state index in [0.717, 1.165) is 0 Å². The van der Waals surface area contributed by atoms with Crippen molar-refractivity contribution in [2.45, 2.75) is 12.8 Å². The van der Waals surface area contributed by atoms with Crippen LogP contribution in [0.4, 0.5) is 0 Å². The molecule has 0 heterocycles. The van der Waals surface area contributed by atoms with Crippen molar-refractivity contribution >= 4 is 22.3 Å². The van der Waals surface area contributed by atoms with Crippen LogP contribution in [0.15, 0.2) is 0 Å². The lowest BCUT2D eigenvalue weighted by molar-refractivity contribution is -0.236. The topological polar surface area (TPSA) is 136 Å². The van der Waals surface area contributed by atoms with Crippen LogP contribution in [0.25, 0.3) is 0 Å². The molecule has 0 aromatic rings. The van der Waals surface area contributed by atoms with E-state index in [9.17, 15) is 18.0 Å². The maximum absolute atomic E-state index is 10.5. The van der Waals surface area contributed by atoms with Gasteiger partial charge in [-0.15, -0.1) is 0 Å². The summed E-state index contributed by atoms with van der Waals surface area (Å²) in [6, 6.07) is 0. The van der Waals surface area contributed by atoms with Crippen molar-refractivity contribution in [3.8, 4) is 0 Å². The SMILES string of the molecule is O=C(CCC(=O)OOS(=O)(=O)O)OO. The molecule has 0 aliphatic heterocycles. The summed E-state index contributed by atoms with van der Waals surface area (Å²) in [4.78, 5) is 27.5. The van der Waals surface area contributed by atoms with Crippen LogP contribution in [0.3, 0.4) is 0 Å².